The second kappa shape index (κ2) is 5.99. The molecule has 0 unspecified atom stereocenters. The van der Waals surface area contributed by atoms with E-state index in [1.807, 2.05) is 6.92 Å². The molecule has 1 aromatic heterocycles. The Morgan fingerprint density at radius 2 is 2.28 bits per heavy atom. The Hall–Kier alpha value is -2.12. The number of aryl methyl sites for hydroxylation is 2. The number of methoxy groups -OCH3 is 1. The molecule has 1 aromatic rings. The number of rotatable bonds is 6. The Kier molecular flexibility index (Phi) is 4.64. The third kappa shape index (κ3) is 2.96. The summed E-state index contributed by atoms with van der Waals surface area (Å²) in [6, 6.07) is 0. The maximum Gasteiger partial charge on any atom is 0.334 e. The van der Waals surface area contributed by atoms with Crippen LogP contribution in [0.25, 0.3) is 0 Å². The van der Waals surface area contributed by atoms with Gasteiger partial charge in [0, 0.05) is 7.05 Å². The number of anilines is 1. The zero-order chi connectivity index (χ0) is 13.7. The quantitative estimate of drug-likeness (QED) is 0.460. The van der Waals surface area contributed by atoms with Gasteiger partial charge in [-0.25, -0.2) is 4.68 Å². The van der Waals surface area contributed by atoms with E-state index in [0.29, 0.717) is 12.1 Å². The van der Waals surface area contributed by atoms with Crippen molar-refractivity contribution in [3.05, 3.63) is 15.8 Å². The van der Waals surface area contributed by atoms with Crippen LogP contribution in [-0.2, 0) is 23.0 Å². The second-order valence-electron chi connectivity index (χ2n) is 3.70. The summed E-state index contributed by atoms with van der Waals surface area (Å²) in [7, 11) is 2.84. The Morgan fingerprint density at radius 1 is 1.61 bits per heavy atom. The smallest absolute Gasteiger partial charge is 0.334 e. The highest BCUT2D eigenvalue weighted by Crippen LogP contribution is 2.28. The van der Waals surface area contributed by atoms with Crippen LogP contribution in [0.4, 0.5) is 11.5 Å². The summed E-state index contributed by atoms with van der Waals surface area (Å²) in [6.07, 6.45) is 1.28. The molecule has 8 heteroatoms. The van der Waals surface area contributed by atoms with E-state index in [2.05, 4.69) is 15.2 Å². The number of nitrogens with one attached hydrogen (secondary N) is 1. The van der Waals surface area contributed by atoms with Crippen LogP contribution in [-0.4, -0.2) is 34.3 Å². The van der Waals surface area contributed by atoms with Crippen molar-refractivity contribution in [2.75, 3.05) is 19.0 Å². The van der Waals surface area contributed by atoms with E-state index in [1.165, 1.54) is 11.8 Å². The van der Waals surface area contributed by atoms with Gasteiger partial charge in [-0.2, -0.15) is 5.10 Å². The van der Waals surface area contributed by atoms with Crippen molar-refractivity contribution in [2.24, 2.45) is 7.05 Å². The summed E-state index contributed by atoms with van der Waals surface area (Å²) in [4.78, 5) is 21.6. The van der Waals surface area contributed by atoms with Crippen LogP contribution in [0.5, 0.6) is 0 Å². The zero-order valence-corrected chi connectivity index (χ0v) is 10.6. The summed E-state index contributed by atoms with van der Waals surface area (Å²) in [5.74, 6) is -0.281. The van der Waals surface area contributed by atoms with Gasteiger partial charge in [0.05, 0.1) is 12.0 Å². The lowest BCUT2D eigenvalue weighted by Gasteiger charge is -2.04. The van der Waals surface area contributed by atoms with Gasteiger partial charge >= 0.3 is 11.7 Å². The Balaban J connectivity index is 3.01. The normalized spacial score (nSPS) is 10.2. The van der Waals surface area contributed by atoms with E-state index in [4.69, 9.17) is 0 Å². The monoisotopic (exact) mass is 256 g/mol. The van der Waals surface area contributed by atoms with Crippen LogP contribution in [0.1, 0.15) is 19.0 Å². The van der Waals surface area contributed by atoms with Gasteiger partial charge in [-0.3, -0.25) is 14.9 Å². The number of nitro groups is 1. The second-order valence-corrected chi connectivity index (χ2v) is 3.70. The predicted octanol–water partition coefficient (Wildman–Crippen LogP) is 0.866. The summed E-state index contributed by atoms with van der Waals surface area (Å²) < 4.78 is 5.83. The predicted molar refractivity (Wildman–Crippen MR) is 64.4 cm³/mol. The van der Waals surface area contributed by atoms with E-state index in [-0.39, 0.29) is 18.1 Å². The highest BCUT2D eigenvalue weighted by Gasteiger charge is 2.26. The van der Waals surface area contributed by atoms with E-state index >= 15 is 0 Å². The lowest BCUT2D eigenvalue weighted by molar-refractivity contribution is -0.384. The van der Waals surface area contributed by atoms with Crippen LogP contribution < -0.4 is 5.32 Å². The number of esters is 1. The number of carbonyl (C=O) groups is 1. The Bertz CT molecular complexity index is 455. The average Bonchev–Trinajstić information content (AvgIpc) is 2.63. The molecule has 0 aromatic carbocycles. The molecule has 0 atom stereocenters. The summed E-state index contributed by atoms with van der Waals surface area (Å²) in [6.45, 7) is 1.78. The SMILES string of the molecule is CCCc1nn(C)c(NCC(=O)OC)c1[N+](=O)[O-]. The molecule has 8 nitrogen and oxygen atoms in total. The fraction of sp³-hybridized carbons (Fsp3) is 0.600. The molecule has 0 radical (unpaired) electrons. The summed E-state index contributed by atoms with van der Waals surface area (Å²) in [5.41, 5.74) is 0.334. The number of carbonyl (C=O) groups excluding carboxylic acids is 1. The minimum Gasteiger partial charge on any atom is -0.468 e. The first kappa shape index (κ1) is 13.9. The topological polar surface area (TPSA) is 99.3 Å². The van der Waals surface area contributed by atoms with Crippen LogP contribution in [0.3, 0.4) is 0 Å². The molecule has 1 rings (SSSR count). The molecule has 0 aliphatic heterocycles. The minimum atomic E-state index is -0.498. The van der Waals surface area contributed by atoms with Gasteiger partial charge in [0.2, 0.25) is 5.82 Å². The van der Waals surface area contributed by atoms with Gasteiger partial charge in [-0.05, 0) is 6.42 Å². The van der Waals surface area contributed by atoms with Crippen molar-refractivity contribution in [1.29, 1.82) is 0 Å². The Morgan fingerprint density at radius 3 is 2.78 bits per heavy atom. The highest BCUT2D eigenvalue weighted by molar-refractivity contribution is 5.76. The maximum atomic E-state index is 11.0. The molecule has 0 fully saturated rings. The van der Waals surface area contributed by atoms with Gasteiger partial charge < -0.3 is 10.1 Å². The number of hydrogen-bond donors (Lipinski definition) is 1. The minimum absolute atomic E-state index is 0.0803. The van der Waals surface area contributed by atoms with Crippen molar-refractivity contribution in [3.63, 3.8) is 0 Å². The molecule has 1 N–H and O–H groups in total. The highest BCUT2D eigenvalue weighted by atomic mass is 16.6. The summed E-state index contributed by atoms with van der Waals surface area (Å²) >= 11 is 0. The summed E-state index contributed by atoms with van der Waals surface area (Å²) in [5, 5.41) is 17.8. The molecule has 18 heavy (non-hydrogen) atoms. The largest absolute Gasteiger partial charge is 0.468 e. The number of nitrogens with zero attached hydrogens (tertiary/aromatic N) is 3. The molecule has 0 spiro atoms. The van der Waals surface area contributed by atoms with Gasteiger partial charge in [0.1, 0.15) is 12.2 Å². The third-order valence-corrected chi connectivity index (χ3v) is 2.39. The first-order valence-corrected chi connectivity index (χ1v) is 5.52. The third-order valence-electron chi connectivity index (χ3n) is 2.39. The molecule has 0 aliphatic rings. The first-order chi connectivity index (χ1) is 8.51. The van der Waals surface area contributed by atoms with Gasteiger partial charge in [-0.1, -0.05) is 13.3 Å². The van der Waals surface area contributed by atoms with Crippen molar-refractivity contribution >= 4 is 17.5 Å². The lowest BCUT2D eigenvalue weighted by Crippen LogP contribution is -2.17. The van der Waals surface area contributed by atoms with E-state index in [0.717, 1.165) is 6.42 Å². The molecule has 0 aliphatic carbocycles. The van der Waals surface area contributed by atoms with Crippen LogP contribution in [0.15, 0.2) is 0 Å². The molecule has 0 bridgehead atoms. The molecule has 100 valence electrons. The zero-order valence-electron chi connectivity index (χ0n) is 10.6. The van der Waals surface area contributed by atoms with Crippen molar-refractivity contribution in [1.82, 2.24) is 9.78 Å². The fourth-order valence-electron chi connectivity index (χ4n) is 1.59. The van der Waals surface area contributed by atoms with Crippen LogP contribution in [0.2, 0.25) is 0 Å². The number of ether oxygens (including phenoxy) is 1. The van der Waals surface area contributed by atoms with Crippen molar-refractivity contribution in [2.45, 2.75) is 19.8 Å². The van der Waals surface area contributed by atoms with Gasteiger partial charge in [0.25, 0.3) is 0 Å². The number of hydrogen-bond acceptors (Lipinski definition) is 6. The standard InChI is InChI=1S/C10H16N4O4/c1-4-5-7-9(14(16)17)10(13(2)12-7)11-6-8(15)18-3/h11H,4-6H2,1-3H3. The van der Waals surface area contributed by atoms with Crippen LogP contribution in [0, 0.1) is 10.1 Å². The van der Waals surface area contributed by atoms with Crippen molar-refractivity contribution in [3.8, 4) is 0 Å². The maximum absolute atomic E-state index is 11.0. The van der Waals surface area contributed by atoms with Crippen LogP contribution >= 0.6 is 0 Å². The van der Waals surface area contributed by atoms with E-state index < -0.39 is 10.9 Å². The van der Waals surface area contributed by atoms with Crippen molar-refractivity contribution < 1.29 is 14.5 Å². The molecular formula is C10H16N4O4. The number of aromatic nitrogens is 2. The van der Waals surface area contributed by atoms with E-state index in [9.17, 15) is 14.9 Å². The molecular weight excluding hydrogens is 240 g/mol. The molecule has 0 saturated carbocycles. The van der Waals surface area contributed by atoms with E-state index in [1.54, 1.807) is 7.05 Å². The Labute approximate surface area is 104 Å². The lowest BCUT2D eigenvalue weighted by atomic mass is 10.2. The molecule has 0 amide bonds. The van der Waals surface area contributed by atoms with Gasteiger partial charge in [0.15, 0.2) is 0 Å². The van der Waals surface area contributed by atoms with Gasteiger partial charge in [-0.15, -0.1) is 0 Å². The first-order valence-electron chi connectivity index (χ1n) is 5.52. The molecule has 1 heterocycles. The fourth-order valence-corrected chi connectivity index (χ4v) is 1.59. The average molecular weight is 256 g/mol. The molecule has 0 saturated heterocycles.